The molecule has 1 N–H and O–H groups in total. The summed E-state index contributed by atoms with van der Waals surface area (Å²) in [6.45, 7) is 9.84. The van der Waals surface area contributed by atoms with E-state index in [0.29, 0.717) is 5.92 Å². The summed E-state index contributed by atoms with van der Waals surface area (Å²) < 4.78 is 0. The van der Waals surface area contributed by atoms with Gasteiger partial charge in [0, 0.05) is 25.2 Å². The van der Waals surface area contributed by atoms with Crippen LogP contribution in [0.5, 0.6) is 0 Å². The molecule has 1 saturated heterocycles. The van der Waals surface area contributed by atoms with Crippen LogP contribution in [0, 0.1) is 5.92 Å². The third-order valence-corrected chi connectivity index (χ3v) is 3.72. The molecule has 1 heterocycles. The average Bonchev–Trinajstić information content (AvgIpc) is 2.75. The number of carboxylic acids is 1. The van der Waals surface area contributed by atoms with Crippen molar-refractivity contribution in [1.29, 1.82) is 0 Å². The van der Waals surface area contributed by atoms with Crippen LogP contribution in [0.15, 0.2) is 0 Å². The number of rotatable bonds is 4. The van der Waals surface area contributed by atoms with Crippen molar-refractivity contribution < 1.29 is 14.7 Å². The van der Waals surface area contributed by atoms with Crippen LogP contribution in [0.1, 0.15) is 47.0 Å². The second-order valence-corrected chi connectivity index (χ2v) is 6.26. The lowest BCUT2D eigenvalue weighted by atomic mass is 10.1. The SMILES string of the molecule is CCC1CCN(C(=O)N(CCC(=O)O)C(C)(C)C)C1. The number of nitrogens with zero attached hydrogens (tertiary/aromatic N) is 2. The number of urea groups is 1. The fraction of sp³-hybridized carbons (Fsp3) is 0.857. The van der Waals surface area contributed by atoms with Gasteiger partial charge in [0.2, 0.25) is 0 Å². The van der Waals surface area contributed by atoms with Gasteiger partial charge in [0.15, 0.2) is 0 Å². The van der Waals surface area contributed by atoms with Gasteiger partial charge in [0.25, 0.3) is 0 Å². The van der Waals surface area contributed by atoms with E-state index in [-0.39, 0.29) is 24.5 Å². The predicted molar refractivity (Wildman–Crippen MR) is 74.1 cm³/mol. The average molecular weight is 270 g/mol. The van der Waals surface area contributed by atoms with Crippen molar-refractivity contribution in [2.45, 2.75) is 52.5 Å². The minimum absolute atomic E-state index is 0.00590. The van der Waals surface area contributed by atoms with E-state index in [9.17, 15) is 9.59 Å². The second kappa shape index (κ2) is 6.26. The van der Waals surface area contributed by atoms with E-state index in [2.05, 4.69) is 6.92 Å². The maximum Gasteiger partial charge on any atom is 0.320 e. The van der Waals surface area contributed by atoms with Crippen molar-refractivity contribution in [3.63, 3.8) is 0 Å². The fourth-order valence-corrected chi connectivity index (χ4v) is 2.44. The molecule has 1 unspecified atom stereocenters. The first-order valence-electron chi connectivity index (χ1n) is 7.04. The number of carbonyl (C=O) groups excluding carboxylic acids is 1. The summed E-state index contributed by atoms with van der Waals surface area (Å²) in [5, 5.41) is 8.80. The van der Waals surface area contributed by atoms with Gasteiger partial charge in [-0.15, -0.1) is 0 Å². The Balaban J connectivity index is 2.69. The van der Waals surface area contributed by atoms with Crippen LogP contribution in [0.2, 0.25) is 0 Å². The van der Waals surface area contributed by atoms with Crippen LogP contribution in [0.4, 0.5) is 4.79 Å². The number of carboxylic acid groups (broad SMARTS) is 1. The van der Waals surface area contributed by atoms with Crippen molar-refractivity contribution in [3.05, 3.63) is 0 Å². The Kier molecular flexibility index (Phi) is 5.20. The second-order valence-electron chi connectivity index (χ2n) is 6.26. The smallest absolute Gasteiger partial charge is 0.320 e. The highest BCUT2D eigenvalue weighted by molar-refractivity contribution is 5.76. The Morgan fingerprint density at radius 3 is 2.42 bits per heavy atom. The first-order chi connectivity index (χ1) is 8.75. The van der Waals surface area contributed by atoms with Gasteiger partial charge in [-0.3, -0.25) is 4.79 Å². The molecule has 1 rings (SSSR count). The number of amides is 2. The first kappa shape index (κ1) is 15.8. The van der Waals surface area contributed by atoms with Crippen LogP contribution >= 0.6 is 0 Å². The summed E-state index contributed by atoms with van der Waals surface area (Å²) in [6.07, 6.45) is 2.14. The van der Waals surface area contributed by atoms with E-state index in [4.69, 9.17) is 5.11 Å². The molecule has 110 valence electrons. The van der Waals surface area contributed by atoms with Gasteiger partial charge in [-0.25, -0.2) is 4.79 Å². The molecule has 1 atom stereocenters. The Hall–Kier alpha value is -1.26. The Morgan fingerprint density at radius 2 is 2.00 bits per heavy atom. The highest BCUT2D eigenvalue weighted by Crippen LogP contribution is 2.23. The molecule has 5 heteroatoms. The molecule has 1 aliphatic rings. The monoisotopic (exact) mass is 270 g/mol. The van der Waals surface area contributed by atoms with Crippen molar-refractivity contribution in [2.24, 2.45) is 5.92 Å². The lowest BCUT2D eigenvalue weighted by molar-refractivity contribution is -0.137. The van der Waals surface area contributed by atoms with Crippen LogP contribution in [0.25, 0.3) is 0 Å². The lowest BCUT2D eigenvalue weighted by Crippen LogP contribution is -2.52. The normalized spacial score (nSPS) is 19.6. The maximum atomic E-state index is 12.5. The number of hydrogen-bond donors (Lipinski definition) is 1. The van der Waals surface area contributed by atoms with Crippen molar-refractivity contribution >= 4 is 12.0 Å². The standard InChI is InChI=1S/C14H26N2O3/c1-5-11-6-8-15(10-11)13(19)16(14(2,3)4)9-7-12(17)18/h11H,5-10H2,1-4H3,(H,17,18). The minimum atomic E-state index is -0.866. The lowest BCUT2D eigenvalue weighted by Gasteiger charge is -2.38. The highest BCUT2D eigenvalue weighted by Gasteiger charge is 2.33. The molecule has 2 amide bonds. The van der Waals surface area contributed by atoms with Crippen LogP contribution in [-0.4, -0.2) is 52.1 Å². The van der Waals surface area contributed by atoms with Gasteiger partial charge in [-0.2, -0.15) is 0 Å². The van der Waals surface area contributed by atoms with E-state index in [1.54, 1.807) is 4.90 Å². The first-order valence-corrected chi connectivity index (χ1v) is 7.04. The van der Waals surface area contributed by atoms with E-state index in [0.717, 1.165) is 25.9 Å². The minimum Gasteiger partial charge on any atom is -0.481 e. The van der Waals surface area contributed by atoms with Gasteiger partial charge in [0.05, 0.1) is 6.42 Å². The molecule has 0 saturated carbocycles. The Bertz CT molecular complexity index is 336. The van der Waals surface area contributed by atoms with E-state index >= 15 is 0 Å². The van der Waals surface area contributed by atoms with Crippen molar-refractivity contribution in [1.82, 2.24) is 9.80 Å². The molecule has 0 aromatic rings. The highest BCUT2D eigenvalue weighted by atomic mass is 16.4. The third kappa shape index (κ3) is 4.40. The van der Waals surface area contributed by atoms with Crippen LogP contribution in [-0.2, 0) is 4.79 Å². The Labute approximate surface area is 115 Å². The van der Waals surface area contributed by atoms with Gasteiger partial charge < -0.3 is 14.9 Å². The van der Waals surface area contributed by atoms with Crippen molar-refractivity contribution in [2.75, 3.05) is 19.6 Å². The summed E-state index contributed by atoms with van der Waals surface area (Å²) in [5.74, 6) is -0.278. The topological polar surface area (TPSA) is 60.9 Å². The molecule has 0 aliphatic carbocycles. The van der Waals surface area contributed by atoms with Gasteiger partial charge in [-0.1, -0.05) is 13.3 Å². The number of likely N-dealkylation sites (tertiary alicyclic amines) is 1. The van der Waals surface area contributed by atoms with Crippen molar-refractivity contribution in [3.8, 4) is 0 Å². The molecule has 19 heavy (non-hydrogen) atoms. The van der Waals surface area contributed by atoms with Crippen LogP contribution < -0.4 is 0 Å². The van der Waals surface area contributed by atoms with Gasteiger partial charge in [-0.05, 0) is 33.1 Å². The maximum absolute atomic E-state index is 12.5. The predicted octanol–water partition coefficient (Wildman–Crippen LogP) is 2.41. The molecule has 5 nitrogen and oxygen atoms in total. The Morgan fingerprint density at radius 1 is 1.37 bits per heavy atom. The summed E-state index contributed by atoms with van der Waals surface area (Å²) in [6, 6.07) is -0.0234. The third-order valence-electron chi connectivity index (χ3n) is 3.72. The van der Waals surface area contributed by atoms with E-state index < -0.39 is 5.97 Å². The van der Waals surface area contributed by atoms with Crippen LogP contribution in [0.3, 0.4) is 0 Å². The molecule has 0 radical (unpaired) electrons. The molecule has 0 aromatic heterocycles. The summed E-state index contributed by atoms with van der Waals surface area (Å²) in [5.41, 5.74) is -0.350. The zero-order chi connectivity index (χ0) is 14.6. The zero-order valence-corrected chi connectivity index (χ0v) is 12.5. The largest absolute Gasteiger partial charge is 0.481 e. The summed E-state index contributed by atoms with van der Waals surface area (Å²) in [7, 11) is 0. The summed E-state index contributed by atoms with van der Waals surface area (Å²) in [4.78, 5) is 26.8. The molecule has 0 aromatic carbocycles. The van der Waals surface area contributed by atoms with Gasteiger partial charge in [0.1, 0.15) is 0 Å². The number of aliphatic carboxylic acids is 1. The van der Waals surface area contributed by atoms with E-state index in [1.807, 2.05) is 25.7 Å². The molecule has 1 aliphatic heterocycles. The summed E-state index contributed by atoms with van der Waals surface area (Å²) >= 11 is 0. The quantitative estimate of drug-likeness (QED) is 0.853. The van der Waals surface area contributed by atoms with E-state index in [1.165, 1.54) is 0 Å². The number of carbonyl (C=O) groups is 2. The molecule has 0 bridgehead atoms. The number of hydrogen-bond acceptors (Lipinski definition) is 2. The zero-order valence-electron chi connectivity index (χ0n) is 12.5. The molecular weight excluding hydrogens is 244 g/mol. The van der Waals surface area contributed by atoms with Gasteiger partial charge >= 0.3 is 12.0 Å². The molecule has 0 spiro atoms. The fourth-order valence-electron chi connectivity index (χ4n) is 2.44. The molecular formula is C14H26N2O3. The molecule has 1 fully saturated rings.